The molecule has 108 valence electrons. The smallest absolute Gasteiger partial charge is 0.254 e. The lowest BCUT2D eigenvalue weighted by Crippen LogP contribution is -2.13. The predicted octanol–water partition coefficient (Wildman–Crippen LogP) is 4.17. The number of carbonyl (C=O) groups excluding carboxylic acids is 1. The van der Waals surface area contributed by atoms with Gasteiger partial charge in [0.25, 0.3) is 5.91 Å². The maximum absolute atomic E-state index is 12.0. The molecule has 0 unspecified atom stereocenters. The minimum atomic E-state index is -0.171. The maximum Gasteiger partial charge on any atom is 0.254 e. The highest BCUT2D eigenvalue weighted by Crippen LogP contribution is 2.13. The van der Waals surface area contributed by atoms with Crippen molar-refractivity contribution in [2.24, 2.45) is 0 Å². The monoisotopic (exact) mass is 281 g/mol. The van der Waals surface area contributed by atoms with Crippen LogP contribution in [0.3, 0.4) is 0 Å². The van der Waals surface area contributed by atoms with E-state index in [1.807, 2.05) is 54.6 Å². The average molecular weight is 281 g/mol. The second-order valence-corrected chi connectivity index (χ2v) is 4.74. The van der Waals surface area contributed by atoms with Crippen molar-refractivity contribution in [2.75, 3.05) is 5.32 Å². The Balaban J connectivity index is 1.95. The van der Waals surface area contributed by atoms with Gasteiger partial charge in [-0.05, 0) is 43.2 Å². The summed E-state index contributed by atoms with van der Waals surface area (Å²) < 4.78 is 5.44. The third-order valence-electron chi connectivity index (χ3n) is 3.09. The number of aryl methyl sites for hydroxylation is 1. The molecule has 0 aliphatic carbocycles. The molecule has 0 aliphatic heterocycles. The number of carbonyl (C=O) groups is 1. The molecular formula is C18H19NO2. The van der Waals surface area contributed by atoms with Gasteiger partial charge in [0.05, 0.1) is 6.26 Å². The summed E-state index contributed by atoms with van der Waals surface area (Å²) >= 11 is 0. The molecule has 0 bridgehead atoms. The van der Waals surface area contributed by atoms with Gasteiger partial charge in [0.1, 0.15) is 5.75 Å². The Bertz CT molecular complexity index is 615. The molecule has 0 radical (unpaired) electrons. The molecule has 0 saturated carbocycles. The number of rotatable bonds is 5. The molecule has 21 heavy (non-hydrogen) atoms. The van der Waals surface area contributed by atoms with Crippen LogP contribution in [0.15, 0.2) is 66.4 Å². The number of amides is 1. The van der Waals surface area contributed by atoms with E-state index in [-0.39, 0.29) is 5.91 Å². The molecular weight excluding hydrogens is 262 g/mol. The van der Waals surface area contributed by atoms with Gasteiger partial charge in [-0.1, -0.05) is 37.3 Å². The molecule has 3 heteroatoms. The number of anilines is 1. The zero-order valence-corrected chi connectivity index (χ0v) is 12.3. The van der Waals surface area contributed by atoms with Gasteiger partial charge in [0.2, 0.25) is 0 Å². The highest BCUT2D eigenvalue weighted by atomic mass is 16.5. The van der Waals surface area contributed by atoms with Gasteiger partial charge in [-0.15, -0.1) is 0 Å². The van der Waals surface area contributed by atoms with Crippen LogP contribution in [0.1, 0.15) is 19.4 Å². The summed E-state index contributed by atoms with van der Waals surface area (Å²) in [4.78, 5) is 12.0. The van der Waals surface area contributed by atoms with Crippen LogP contribution < -0.4 is 10.1 Å². The van der Waals surface area contributed by atoms with Crippen molar-refractivity contribution in [1.29, 1.82) is 0 Å². The molecule has 0 saturated heterocycles. The largest absolute Gasteiger partial charge is 0.465 e. The maximum atomic E-state index is 12.0. The molecule has 0 spiro atoms. The van der Waals surface area contributed by atoms with Crippen LogP contribution in [0.25, 0.3) is 0 Å². The van der Waals surface area contributed by atoms with Gasteiger partial charge >= 0.3 is 0 Å². The lowest BCUT2D eigenvalue weighted by molar-refractivity contribution is -0.112. The van der Waals surface area contributed by atoms with Crippen molar-refractivity contribution in [3.8, 4) is 5.75 Å². The lowest BCUT2D eigenvalue weighted by atomic mass is 10.1. The fourth-order valence-electron chi connectivity index (χ4n) is 1.76. The first-order chi connectivity index (χ1) is 10.2. The van der Waals surface area contributed by atoms with Crippen molar-refractivity contribution in [2.45, 2.75) is 20.3 Å². The molecule has 1 N–H and O–H groups in total. The summed E-state index contributed by atoms with van der Waals surface area (Å²) in [5, 5.41) is 2.84. The molecule has 3 nitrogen and oxygen atoms in total. The molecule has 0 aromatic heterocycles. The molecule has 0 heterocycles. The summed E-state index contributed by atoms with van der Waals surface area (Å²) in [5.41, 5.74) is 2.54. The zero-order chi connectivity index (χ0) is 15.1. The van der Waals surface area contributed by atoms with Crippen LogP contribution in [0.4, 0.5) is 5.69 Å². The van der Waals surface area contributed by atoms with Gasteiger partial charge < -0.3 is 10.1 Å². The number of hydrogen-bond donors (Lipinski definition) is 1. The van der Waals surface area contributed by atoms with E-state index in [4.69, 9.17) is 4.74 Å². The van der Waals surface area contributed by atoms with E-state index < -0.39 is 0 Å². The summed E-state index contributed by atoms with van der Waals surface area (Å²) in [6.45, 7) is 3.82. The molecule has 0 fully saturated rings. The Kier molecular flexibility index (Phi) is 5.16. The van der Waals surface area contributed by atoms with Gasteiger partial charge in [0, 0.05) is 11.3 Å². The highest BCUT2D eigenvalue weighted by Gasteiger charge is 2.05. The van der Waals surface area contributed by atoms with Gasteiger partial charge in [-0.2, -0.15) is 0 Å². The second kappa shape index (κ2) is 7.29. The molecule has 2 aromatic carbocycles. The fourth-order valence-corrected chi connectivity index (χ4v) is 1.76. The van der Waals surface area contributed by atoms with Crippen molar-refractivity contribution in [1.82, 2.24) is 0 Å². The second-order valence-electron chi connectivity index (χ2n) is 4.74. The quantitative estimate of drug-likeness (QED) is 0.660. The van der Waals surface area contributed by atoms with Crippen LogP contribution in [-0.4, -0.2) is 5.91 Å². The predicted molar refractivity (Wildman–Crippen MR) is 85.3 cm³/mol. The number of para-hydroxylation sites is 1. The van der Waals surface area contributed by atoms with Crippen molar-refractivity contribution in [3.05, 3.63) is 72.0 Å². The Morgan fingerprint density at radius 2 is 1.76 bits per heavy atom. The van der Waals surface area contributed by atoms with E-state index >= 15 is 0 Å². The fraction of sp³-hybridized carbons (Fsp3) is 0.167. The van der Waals surface area contributed by atoms with E-state index in [0.717, 1.165) is 12.1 Å². The standard InChI is InChI=1S/C18H19NO2/c1-3-15-9-11-16(12-10-15)19-18(20)14(2)13-21-17-7-5-4-6-8-17/h4-13H,3H2,1-2H3,(H,19,20). The van der Waals surface area contributed by atoms with E-state index in [1.165, 1.54) is 11.8 Å². The normalized spacial score (nSPS) is 11.0. The molecule has 0 aliphatic rings. The lowest BCUT2D eigenvalue weighted by Gasteiger charge is -2.07. The van der Waals surface area contributed by atoms with Crippen molar-refractivity contribution in [3.63, 3.8) is 0 Å². The van der Waals surface area contributed by atoms with E-state index in [0.29, 0.717) is 11.3 Å². The number of benzene rings is 2. The van der Waals surface area contributed by atoms with Gasteiger partial charge in [0.15, 0.2) is 0 Å². The number of hydrogen-bond acceptors (Lipinski definition) is 2. The van der Waals surface area contributed by atoms with Crippen molar-refractivity contribution < 1.29 is 9.53 Å². The Hall–Kier alpha value is -2.55. The minimum absolute atomic E-state index is 0.171. The topological polar surface area (TPSA) is 38.3 Å². The SMILES string of the molecule is CCc1ccc(NC(=O)C(C)=COc2ccccc2)cc1. The van der Waals surface area contributed by atoms with Crippen LogP contribution in [-0.2, 0) is 11.2 Å². The molecule has 0 atom stereocenters. The van der Waals surface area contributed by atoms with E-state index in [1.54, 1.807) is 6.92 Å². The Morgan fingerprint density at radius 1 is 1.10 bits per heavy atom. The van der Waals surface area contributed by atoms with Crippen LogP contribution in [0, 0.1) is 0 Å². The minimum Gasteiger partial charge on any atom is -0.465 e. The van der Waals surface area contributed by atoms with Crippen LogP contribution in [0.2, 0.25) is 0 Å². The molecule has 1 amide bonds. The summed E-state index contributed by atoms with van der Waals surface area (Å²) in [5.74, 6) is 0.534. The third-order valence-corrected chi connectivity index (χ3v) is 3.09. The van der Waals surface area contributed by atoms with E-state index in [2.05, 4.69) is 12.2 Å². The van der Waals surface area contributed by atoms with Gasteiger partial charge in [-0.25, -0.2) is 0 Å². The first kappa shape index (κ1) is 14.9. The number of ether oxygens (including phenoxy) is 1. The first-order valence-corrected chi connectivity index (χ1v) is 6.98. The third kappa shape index (κ3) is 4.49. The Morgan fingerprint density at radius 3 is 2.38 bits per heavy atom. The summed E-state index contributed by atoms with van der Waals surface area (Å²) in [6.07, 6.45) is 2.45. The highest BCUT2D eigenvalue weighted by molar-refractivity contribution is 6.03. The average Bonchev–Trinajstić information content (AvgIpc) is 2.54. The van der Waals surface area contributed by atoms with E-state index in [9.17, 15) is 4.79 Å². The zero-order valence-electron chi connectivity index (χ0n) is 12.3. The number of nitrogens with one attached hydrogen (secondary N) is 1. The van der Waals surface area contributed by atoms with Crippen LogP contribution >= 0.6 is 0 Å². The Labute approximate surface area is 125 Å². The first-order valence-electron chi connectivity index (χ1n) is 6.98. The molecule has 2 rings (SSSR count). The van der Waals surface area contributed by atoms with Crippen LogP contribution in [0.5, 0.6) is 5.75 Å². The summed E-state index contributed by atoms with van der Waals surface area (Å²) in [7, 11) is 0. The van der Waals surface area contributed by atoms with Gasteiger partial charge in [-0.3, -0.25) is 4.79 Å². The summed E-state index contributed by atoms with van der Waals surface area (Å²) in [6, 6.07) is 17.2. The van der Waals surface area contributed by atoms with Crippen molar-refractivity contribution >= 4 is 11.6 Å². The molecule has 2 aromatic rings.